The van der Waals surface area contributed by atoms with E-state index in [1.165, 1.54) is 23.0 Å². The number of nitriles is 1. The van der Waals surface area contributed by atoms with E-state index in [-0.39, 0.29) is 11.3 Å². The van der Waals surface area contributed by atoms with E-state index >= 15 is 0 Å². The monoisotopic (exact) mass is 486 g/mol. The van der Waals surface area contributed by atoms with Crippen molar-refractivity contribution < 1.29 is 4.92 Å². The first-order chi connectivity index (χ1) is 18.1. The van der Waals surface area contributed by atoms with Gasteiger partial charge in [-0.3, -0.25) is 14.9 Å². The Kier molecular flexibility index (Phi) is 6.56. The first-order valence-electron chi connectivity index (χ1n) is 11.9. The molecule has 0 fully saturated rings. The van der Waals surface area contributed by atoms with Crippen LogP contribution in [0.4, 0.5) is 5.69 Å². The zero-order chi connectivity index (χ0) is 25.8. The summed E-state index contributed by atoms with van der Waals surface area (Å²) < 4.78 is 1.32. The summed E-state index contributed by atoms with van der Waals surface area (Å²) in [5, 5.41) is 25.6. The molecule has 4 aromatic rings. The van der Waals surface area contributed by atoms with Gasteiger partial charge in [0.15, 0.2) is 0 Å². The lowest BCUT2D eigenvalue weighted by Crippen LogP contribution is -2.27. The molecule has 1 heterocycles. The molecular weight excluding hydrogens is 464 g/mol. The number of aromatic nitrogens is 1. The van der Waals surface area contributed by atoms with Crippen LogP contribution in [0.5, 0.6) is 0 Å². The maximum atomic E-state index is 13.7. The molecule has 37 heavy (non-hydrogen) atoms. The van der Waals surface area contributed by atoms with Gasteiger partial charge in [0.05, 0.1) is 16.8 Å². The highest BCUT2D eigenvalue weighted by Crippen LogP contribution is 2.38. The van der Waals surface area contributed by atoms with E-state index in [0.717, 1.165) is 35.1 Å². The smallest absolute Gasteiger partial charge is 0.266 e. The van der Waals surface area contributed by atoms with E-state index in [1.54, 1.807) is 12.1 Å². The normalized spacial score (nSPS) is 13.9. The third-order valence-corrected chi connectivity index (χ3v) is 6.37. The van der Waals surface area contributed by atoms with Gasteiger partial charge in [-0.05, 0) is 65.3 Å². The number of pyridine rings is 1. The molecule has 7 heteroatoms. The Labute approximate surface area is 213 Å². The number of benzene rings is 3. The lowest BCUT2D eigenvalue weighted by molar-refractivity contribution is -0.384. The molecule has 1 aliphatic rings. The Balaban J connectivity index is 1.76. The Hall–Kier alpha value is -5.09. The van der Waals surface area contributed by atoms with Crippen LogP contribution >= 0.6 is 0 Å². The average Bonchev–Trinajstić information content (AvgIpc) is 2.93. The van der Waals surface area contributed by atoms with Crippen molar-refractivity contribution in [2.45, 2.75) is 19.3 Å². The number of non-ortho nitro benzene ring substituents is 1. The number of hydrogen-bond donors (Lipinski definition) is 0. The van der Waals surface area contributed by atoms with Crippen molar-refractivity contribution in [2.24, 2.45) is 5.10 Å². The predicted molar refractivity (Wildman–Crippen MR) is 144 cm³/mol. The molecule has 1 aliphatic carbocycles. The molecule has 0 N–H and O–H groups in total. The summed E-state index contributed by atoms with van der Waals surface area (Å²) in [6.45, 7) is 0. The van der Waals surface area contributed by atoms with Crippen LogP contribution < -0.4 is 5.56 Å². The number of nitro benzene ring substituents is 1. The summed E-state index contributed by atoms with van der Waals surface area (Å²) in [6.07, 6.45) is 5.89. The van der Waals surface area contributed by atoms with Crippen LogP contribution in [-0.2, 0) is 6.42 Å². The van der Waals surface area contributed by atoms with Gasteiger partial charge in [-0.2, -0.15) is 15.0 Å². The minimum atomic E-state index is -0.501. The molecule has 0 spiro atoms. The van der Waals surface area contributed by atoms with Crippen molar-refractivity contribution in [2.75, 3.05) is 0 Å². The molecule has 0 atom stereocenters. The van der Waals surface area contributed by atoms with Crippen LogP contribution in [0.2, 0.25) is 0 Å². The van der Waals surface area contributed by atoms with Gasteiger partial charge in [0.25, 0.3) is 11.2 Å². The van der Waals surface area contributed by atoms with Crippen molar-refractivity contribution >= 4 is 23.6 Å². The minimum Gasteiger partial charge on any atom is -0.266 e. The molecular formula is C30H22N4O3. The fourth-order valence-electron chi connectivity index (χ4n) is 4.69. The third kappa shape index (κ3) is 4.73. The van der Waals surface area contributed by atoms with E-state index in [4.69, 9.17) is 0 Å². The van der Waals surface area contributed by atoms with E-state index < -0.39 is 10.5 Å². The number of hydrogen-bond acceptors (Lipinski definition) is 5. The van der Waals surface area contributed by atoms with Gasteiger partial charge in [-0.25, -0.2) is 0 Å². The standard InChI is InChI=1S/C30H22N4O3/c31-19-27-28(23-10-5-2-6-11-23)26-13-7-12-24(18-21-8-3-1-4-9-21)29(26)33(30(27)35)32-20-22-14-16-25(17-15-22)34(36)37/h1-6,8-11,14-18,20H,7,12-13H2/b24-18-,32-20?. The van der Waals surface area contributed by atoms with Crippen LogP contribution in [-0.4, -0.2) is 15.8 Å². The van der Waals surface area contributed by atoms with Gasteiger partial charge in [0.1, 0.15) is 11.6 Å². The summed E-state index contributed by atoms with van der Waals surface area (Å²) in [7, 11) is 0. The second-order valence-electron chi connectivity index (χ2n) is 8.70. The predicted octanol–water partition coefficient (Wildman–Crippen LogP) is 6.05. The number of rotatable bonds is 5. The third-order valence-electron chi connectivity index (χ3n) is 6.37. The van der Waals surface area contributed by atoms with Crippen LogP contribution in [0.15, 0.2) is 94.8 Å². The fourth-order valence-corrected chi connectivity index (χ4v) is 4.69. The van der Waals surface area contributed by atoms with Gasteiger partial charge in [0.2, 0.25) is 0 Å². The summed E-state index contributed by atoms with van der Waals surface area (Å²) in [5.41, 5.74) is 5.17. The van der Waals surface area contributed by atoms with Crippen molar-refractivity contribution in [3.63, 3.8) is 0 Å². The van der Waals surface area contributed by atoms with Crippen molar-refractivity contribution in [3.05, 3.63) is 133 Å². The highest BCUT2D eigenvalue weighted by molar-refractivity contribution is 5.88. The maximum absolute atomic E-state index is 13.7. The molecule has 1 aromatic heterocycles. The fraction of sp³-hybridized carbons (Fsp3) is 0.100. The lowest BCUT2D eigenvalue weighted by atomic mass is 9.84. The molecule has 0 amide bonds. The Morgan fingerprint density at radius 3 is 2.24 bits per heavy atom. The molecule has 7 nitrogen and oxygen atoms in total. The van der Waals surface area contributed by atoms with Gasteiger partial charge >= 0.3 is 0 Å². The van der Waals surface area contributed by atoms with Gasteiger partial charge < -0.3 is 0 Å². The summed E-state index contributed by atoms with van der Waals surface area (Å²) in [4.78, 5) is 24.3. The van der Waals surface area contributed by atoms with E-state index in [9.17, 15) is 20.2 Å². The number of nitrogens with zero attached hydrogens (tertiary/aromatic N) is 4. The van der Waals surface area contributed by atoms with Crippen molar-refractivity contribution in [1.82, 2.24) is 4.68 Å². The number of fused-ring (bicyclic) bond motifs is 1. The summed E-state index contributed by atoms with van der Waals surface area (Å²) in [5.74, 6) is 0. The van der Waals surface area contributed by atoms with E-state index in [1.807, 2.05) is 60.7 Å². The van der Waals surface area contributed by atoms with Gasteiger partial charge in [0, 0.05) is 17.7 Å². The van der Waals surface area contributed by atoms with E-state index in [2.05, 4.69) is 17.2 Å². The summed E-state index contributed by atoms with van der Waals surface area (Å²) in [6, 6.07) is 27.5. The SMILES string of the molecule is N#Cc1c(-c2ccccc2)c2c(n(N=Cc3ccc([N+](=O)[O-])cc3)c1=O)/C(=C\c1ccccc1)CCC2. The Morgan fingerprint density at radius 1 is 0.919 bits per heavy atom. The molecule has 0 unspecified atom stereocenters. The Bertz CT molecular complexity index is 1630. The quantitative estimate of drug-likeness (QED) is 0.195. The zero-order valence-electron chi connectivity index (χ0n) is 19.9. The number of nitro groups is 1. The minimum absolute atomic E-state index is 0.0289. The van der Waals surface area contributed by atoms with Crippen LogP contribution in [0.3, 0.4) is 0 Å². The van der Waals surface area contributed by atoms with Gasteiger partial charge in [-0.15, -0.1) is 0 Å². The van der Waals surface area contributed by atoms with Crippen LogP contribution in [0.25, 0.3) is 22.8 Å². The average molecular weight is 487 g/mol. The second kappa shape index (κ2) is 10.3. The topological polar surface area (TPSA) is 101 Å². The Morgan fingerprint density at radius 2 is 1.59 bits per heavy atom. The molecule has 0 saturated carbocycles. The molecule has 3 aromatic carbocycles. The van der Waals surface area contributed by atoms with E-state index in [0.29, 0.717) is 23.2 Å². The molecule has 0 bridgehead atoms. The molecule has 0 aliphatic heterocycles. The molecule has 0 radical (unpaired) electrons. The highest BCUT2D eigenvalue weighted by atomic mass is 16.6. The van der Waals surface area contributed by atoms with Crippen LogP contribution in [0.1, 0.15) is 40.8 Å². The maximum Gasteiger partial charge on any atom is 0.290 e. The molecule has 5 rings (SSSR count). The highest BCUT2D eigenvalue weighted by Gasteiger charge is 2.27. The zero-order valence-corrected chi connectivity index (χ0v) is 19.9. The first-order valence-corrected chi connectivity index (χ1v) is 11.9. The van der Waals surface area contributed by atoms with Gasteiger partial charge in [-0.1, -0.05) is 60.7 Å². The molecule has 180 valence electrons. The first kappa shape index (κ1) is 23.6. The van der Waals surface area contributed by atoms with Crippen LogP contribution in [0, 0.1) is 21.4 Å². The largest absolute Gasteiger partial charge is 0.290 e. The number of allylic oxidation sites excluding steroid dienone is 1. The molecule has 0 saturated heterocycles. The van der Waals surface area contributed by atoms with Crippen molar-refractivity contribution in [1.29, 1.82) is 5.26 Å². The summed E-state index contributed by atoms with van der Waals surface area (Å²) >= 11 is 0. The second-order valence-corrected chi connectivity index (χ2v) is 8.70. The van der Waals surface area contributed by atoms with Crippen molar-refractivity contribution in [3.8, 4) is 17.2 Å². The lowest BCUT2D eigenvalue weighted by Gasteiger charge is -2.25.